The number of hydrogen-bond acceptors (Lipinski definition) is 7. The van der Waals surface area contributed by atoms with Crippen LogP contribution in [0.2, 0.25) is 0 Å². The van der Waals surface area contributed by atoms with E-state index in [9.17, 15) is 13.2 Å². The maximum absolute atomic E-state index is 13.0. The zero-order valence-electron chi connectivity index (χ0n) is 19.4. The van der Waals surface area contributed by atoms with Crippen molar-refractivity contribution in [1.82, 2.24) is 4.31 Å². The molecule has 0 radical (unpaired) electrons. The van der Waals surface area contributed by atoms with Crippen LogP contribution in [0, 0.1) is 0 Å². The molecule has 10 heteroatoms. The van der Waals surface area contributed by atoms with Crippen molar-refractivity contribution < 1.29 is 27.4 Å². The zero-order valence-corrected chi connectivity index (χ0v) is 20.2. The molecular weight excluding hydrogens is 458 g/mol. The predicted octanol–water partition coefficient (Wildman–Crippen LogP) is 2.12. The third-order valence-electron chi connectivity index (χ3n) is 6.01. The van der Waals surface area contributed by atoms with Gasteiger partial charge in [0.25, 0.3) is 0 Å². The lowest BCUT2D eigenvalue weighted by atomic mass is 10.1. The average Bonchev–Trinajstić information content (AvgIpc) is 2.88. The highest BCUT2D eigenvalue weighted by molar-refractivity contribution is 7.89. The van der Waals surface area contributed by atoms with Crippen molar-refractivity contribution >= 4 is 27.3 Å². The van der Waals surface area contributed by atoms with Crippen LogP contribution < -0.4 is 15.0 Å². The van der Waals surface area contributed by atoms with Crippen molar-refractivity contribution in [3.63, 3.8) is 0 Å². The first-order valence-corrected chi connectivity index (χ1v) is 12.9. The van der Waals surface area contributed by atoms with Gasteiger partial charge in [0.05, 0.1) is 38.4 Å². The third-order valence-corrected chi connectivity index (χ3v) is 7.90. The molecule has 0 spiro atoms. The Morgan fingerprint density at radius 3 is 2.26 bits per heavy atom. The second-order valence-electron chi connectivity index (χ2n) is 8.18. The van der Waals surface area contributed by atoms with Gasteiger partial charge >= 0.3 is 0 Å². The molecule has 2 saturated heterocycles. The summed E-state index contributed by atoms with van der Waals surface area (Å²) < 4.78 is 43.5. The van der Waals surface area contributed by atoms with Gasteiger partial charge in [-0.3, -0.25) is 4.79 Å². The minimum absolute atomic E-state index is 0.150. The number of carbonyl (C=O) groups excluding carboxylic acids is 1. The van der Waals surface area contributed by atoms with Crippen LogP contribution in [0.15, 0.2) is 47.4 Å². The van der Waals surface area contributed by atoms with Crippen molar-refractivity contribution in [3.8, 4) is 5.75 Å². The van der Waals surface area contributed by atoms with Crippen LogP contribution in [-0.4, -0.2) is 78.3 Å². The number of benzene rings is 2. The Morgan fingerprint density at radius 2 is 1.62 bits per heavy atom. The Morgan fingerprint density at radius 1 is 0.971 bits per heavy atom. The number of nitrogens with one attached hydrogen (secondary N) is 1. The number of amides is 1. The first-order valence-electron chi connectivity index (χ1n) is 11.4. The predicted molar refractivity (Wildman–Crippen MR) is 129 cm³/mol. The summed E-state index contributed by atoms with van der Waals surface area (Å²) in [4.78, 5) is 15.0. The average molecular weight is 490 g/mol. The van der Waals surface area contributed by atoms with Gasteiger partial charge < -0.3 is 24.4 Å². The Hall–Kier alpha value is -2.66. The van der Waals surface area contributed by atoms with Crippen LogP contribution in [0.4, 0.5) is 11.4 Å². The van der Waals surface area contributed by atoms with Gasteiger partial charge in [-0.2, -0.15) is 4.31 Å². The van der Waals surface area contributed by atoms with Crippen molar-refractivity contribution in [3.05, 3.63) is 48.0 Å². The van der Waals surface area contributed by atoms with Crippen LogP contribution in [-0.2, 0) is 30.7 Å². The minimum atomic E-state index is -3.62. The maximum Gasteiger partial charge on any atom is 0.243 e. The van der Waals surface area contributed by atoms with Gasteiger partial charge in [-0.05, 0) is 54.4 Å². The fraction of sp³-hybridized carbons (Fsp3) is 0.458. The van der Waals surface area contributed by atoms with Crippen LogP contribution >= 0.6 is 0 Å². The number of carbonyl (C=O) groups is 1. The molecule has 0 unspecified atom stereocenters. The van der Waals surface area contributed by atoms with Gasteiger partial charge in [0.2, 0.25) is 15.9 Å². The topological polar surface area (TPSA) is 97.4 Å². The largest absolute Gasteiger partial charge is 0.496 e. The van der Waals surface area contributed by atoms with Gasteiger partial charge in [-0.1, -0.05) is 0 Å². The monoisotopic (exact) mass is 489 g/mol. The Labute approximate surface area is 200 Å². The number of ether oxygens (including phenoxy) is 3. The molecule has 2 aliphatic heterocycles. The number of methoxy groups -OCH3 is 1. The molecule has 0 saturated carbocycles. The molecule has 2 heterocycles. The summed E-state index contributed by atoms with van der Waals surface area (Å²) in [5, 5.41) is 2.91. The van der Waals surface area contributed by atoms with E-state index < -0.39 is 10.0 Å². The second-order valence-corrected chi connectivity index (χ2v) is 10.1. The summed E-state index contributed by atoms with van der Waals surface area (Å²) >= 11 is 0. The van der Waals surface area contributed by atoms with Gasteiger partial charge in [0.1, 0.15) is 5.75 Å². The number of sulfonamides is 1. The first-order chi connectivity index (χ1) is 16.5. The van der Waals surface area contributed by atoms with Crippen molar-refractivity contribution in [2.75, 3.05) is 69.9 Å². The summed E-state index contributed by atoms with van der Waals surface area (Å²) in [7, 11) is -2.09. The summed E-state index contributed by atoms with van der Waals surface area (Å²) in [6.45, 7) is 4.58. The lowest BCUT2D eigenvalue weighted by molar-refractivity contribution is -0.116. The Bertz CT molecular complexity index is 1080. The van der Waals surface area contributed by atoms with Crippen LogP contribution in [0.5, 0.6) is 5.75 Å². The number of nitrogens with zero attached hydrogens (tertiary/aromatic N) is 2. The van der Waals surface area contributed by atoms with Crippen molar-refractivity contribution in [2.45, 2.75) is 17.7 Å². The highest BCUT2D eigenvalue weighted by Gasteiger charge is 2.27. The normalized spacial score (nSPS) is 17.4. The highest BCUT2D eigenvalue weighted by Crippen LogP contribution is 2.26. The van der Waals surface area contributed by atoms with E-state index >= 15 is 0 Å². The molecule has 34 heavy (non-hydrogen) atoms. The molecule has 2 aliphatic rings. The van der Waals surface area contributed by atoms with Crippen molar-refractivity contribution in [1.29, 1.82) is 0 Å². The molecule has 2 aromatic carbocycles. The zero-order chi connectivity index (χ0) is 24.0. The fourth-order valence-corrected chi connectivity index (χ4v) is 5.55. The number of rotatable bonds is 8. The van der Waals surface area contributed by atoms with E-state index in [1.807, 2.05) is 24.3 Å². The fourth-order valence-electron chi connectivity index (χ4n) is 4.10. The number of aryl methyl sites for hydroxylation is 1. The van der Waals surface area contributed by atoms with E-state index in [1.165, 1.54) is 11.4 Å². The number of morpholine rings is 2. The van der Waals surface area contributed by atoms with E-state index in [1.54, 1.807) is 18.2 Å². The lowest BCUT2D eigenvalue weighted by Crippen LogP contribution is -2.40. The molecule has 2 fully saturated rings. The van der Waals surface area contributed by atoms with Crippen LogP contribution in [0.1, 0.15) is 12.0 Å². The molecule has 4 rings (SSSR count). The SMILES string of the molecule is COc1ccc(S(=O)(=O)N2CCOCC2)cc1CCC(=O)Nc1ccc(N2CCOCC2)cc1. The van der Waals surface area contributed by atoms with Crippen LogP contribution in [0.25, 0.3) is 0 Å². The highest BCUT2D eigenvalue weighted by atomic mass is 32.2. The summed E-state index contributed by atoms with van der Waals surface area (Å²) in [6.07, 6.45) is 0.552. The Balaban J connectivity index is 1.38. The summed E-state index contributed by atoms with van der Waals surface area (Å²) in [5.41, 5.74) is 2.50. The molecular formula is C24H31N3O6S. The molecule has 1 amide bonds. The quantitative estimate of drug-likeness (QED) is 0.607. The molecule has 2 aromatic rings. The molecule has 0 aromatic heterocycles. The molecule has 0 atom stereocenters. The molecule has 0 bridgehead atoms. The van der Waals surface area contributed by atoms with E-state index in [0.717, 1.165) is 37.7 Å². The van der Waals surface area contributed by atoms with Gasteiger partial charge in [-0.25, -0.2) is 8.42 Å². The van der Waals surface area contributed by atoms with Crippen LogP contribution in [0.3, 0.4) is 0 Å². The van der Waals surface area contributed by atoms with E-state index in [4.69, 9.17) is 14.2 Å². The van der Waals surface area contributed by atoms with E-state index in [-0.39, 0.29) is 17.2 Å². The Kier molecular flexibility index (Phi) is 8.04. The van der Waals surface area contributed by atoms with Gasteiger partial charge in [-0.15, -0.1) is 0 Å². The molecule has 0 aliphatic carbocycles. The van der Waals surface area contributed by atoms with E-state index in [0.29, 0.717) is 44.0 Å². The standard InChI is InChI=1S/C24H31N3O6S/c1-31-23-8-7-22(34(29,30)27-12-16-33-17-13-27)18-19(23)2-9-24(28)25-20-3-5-21(6-4-20)26-10-14-32-15-11-26/h3-8,18H,2,9-17H2,1H3,(H,25,28). The molecule has 1 N–H and O–H groups in total. The lowest BCUT2D eigenvalue weighted by Gasteiger charge is -2.28. The molecule has 9 nitrogen and oxygen atoms in total. The second kappa shape index (κ2) is 11.2. The smallest absolute Gasteiger partial charge is 0.243 e. The first kappa shape index (κ1) is 24.5. The maximum atomic E-state index is 13.0. The summed E-state index contributed by atoms with van der Waals surface area (Å²) in [5.74, 6) is 0.409. The van der Waals surface area contributed by atoms with Crippen molar-refractivity contribution in [2.24, 2.45) is 0 Å². The minimum Gasteiger partial charge on any atom is -0.496 e. The number of anilines is 2. The van der Waals surface area contributed by atoms with E-state index in [2.05, 4.69) is 10.2 Å². The van der Waals surface area contributed by atoms with Gasteiger partial charge in [0, 0.05) is 44.0 Å². The third kappa shape index (κ3) is 5.87. The molecule has 184 valence electrons. The van der Waals surface area contributed by atoms with Gasteiger partial charge in [0.15, 0.2) is 0 Å². The number of hydrogen-bond donors (Lipinski definition) is 1. The summed E-state index contributed by atoms with van der Waals surface area (Å²) in [6, 6.07) is 12.5.